The number of carbonyl (C=O) groups is 1. The minimum Gasteiger partial charge on any atom is -0.325 e. The second-order valence-corrected chi connectivity index (χ2v) is 5.71. The molecule has 1 amide bonds. The number of H-pyrrole nitrogens is 1. The van der Waals surface area contributed by atoms with Crippen LogP contribution in [0, 0.1) is 6.92 Å². The standard InChI is InChI=1S/C13H16N4O2S/c1-3-10-6-4-5-9(2)13(10)15-11(18)8-20(19)12-7-14-17-16-12/h4-7H,3,8H2,1-2H3,(H,15,18)(H,14,16,17)/t20-/m0/s1. The van der Waals surface area contributed by atoms with Crippen LogP contribution in [0.3, 0.4) is 0 Å². The van der Waals surface area contributed by atoms with Crippen molar-refractivity contribution in [2.45, 2.75) is 25.3 Å². The SMILES string of the molecule is CCc1cccc(C)c1NC(=O)C[S@](=O)c1cn[nH]n1. The van der Waals surface area contributed by atoms with Gasteiger partial charge in [-0.25, -0.2) is 0 Å². The van der Waals surface area contributed by atoms with Crippen molar-refractivity contribution >= 4 is 22.4 Å². The molecular weight excluding hydrogens is 276 g/mol. The first-order valence-corrected chi connectivity index (χ1v) is 7.56. The van der Waals surface area contributed by atoms with Crippen LogP contribution in [-0.2, 0) is 22.0 Å². The van der Waals surface area contributed by atoms with Crippen LogP contribution >= 0.6 is 0 Å². The third-order valence-electron chi connectivity index (χ3n) is 2.89. The lowest BCUT2D eigenvalue weighted by molar-refractivity contribution is -0.113. The number of carbonyl (C=O) groups excluding carboxylic acids is 1. The largest absolute Gasteiger partial charge is 0.325 e. The zero-order valence-corrected chi connectivity index (χ0v) is 12.2. The van der Waals surface area contributed by atoms with Gasteiger partial charge in [0.2, 0.25) is 5.91 Å². The molecule has 6 nitrogen and oxygen atoms in total. The molecule has 0 radical (unpaired) electrons. The first-order valence-electron chi connectivity index (χ1n) is 6.24. The van der Waals surface area contributed by atoms with E-state index in [1.807, 2.05) is 32.0 Å². The molecule has 1 heterocycles. The topological polar surface area (TPSA) is 87.7 Å². The molecule has 0 unspecified atom stereocenters. The van der Waals surface area contributed by atoms with Crippen LogP contribution in [0.15, 0.2) is 29.4 Å². The fourth-order valence-corrected chi connectivity index (χ4v) is 2.64. The lowest BCUT2D eigenvalue weighted by Gasteiger charge is -2.12. The molecular formula is C13H16N4O2S. The van der Waals surface area contributed by atoms with Crippen LogP contribution < -0.4 is 5.32 Å². The highest BCUT2D eigenvalue weighted by atomic mass is 32.2. The molecule has 2 aromatic rings. The van der Waals surface area contributed by atoms with Crippen LogP contribution in [-0.4, -0.2) is 31.3 Å². The summed E-state index contributed by atoms with van der Waals surface area (Å²) in [5.41, 5.74) is 2.85. The van der Waals surface area contributed by atoms with Crippen LogP contribution in [0.4, 0.5) is 5.69 Å². The fraction of sp³-hybridized carbons (Fsp3) is 0.308. The number of amides is 1. The Kier molecular flexibility index (Phi) is 4.62. The Morgan fingerprint density at radius 2 is 2.25 bits per heavy atom. The number of nitrogens with one attached hydrogen (secondary N) is 2. The van der Waals surface area contributed by atoms with Crippen molar-refractivity contribution in [3.63, 3.8) is 0 Å². The van der Waals surface area contributed by atoms with Gasteiger partial charge in [0, 0.05) is 5.69 Å². The number of benzene rings is 1. The molecule has 1 aromatic heterocycles. The van der Waals surface area contributed by atoms with E-state index in [0.717, 1.165) is 23.2 Å². The van der Waals surface area contributed by atoms with Crippen LogP contribution in [0.1, 0.15) is 18.1 Å². The summed E-state index contributed by atoms with van der Waals surface area (Å²) in [6.07, 6.45) is 2.18. The normalized spacial score (nSPS) is 12.1. The van der Waals surface area contributed by atoms with E-state index in [9.17, 15) is 9.00 Å². The van der Waals surface area contributed by atoms with Crippen molar-refractivity contribution in [1.82, 2.24) is 15.4 Å². The summed E-state index contributed by atoms with van der Waals surface area (Å²) in [4.78, 5) is 12.0. The number of hydrogen-bond donors (Lipinski definition) is 2. The van der Waals surface area contributed by atoms with Gasteiger partial charge in [-0.05, 0) is 24.5 Å². The second kappa shape index (κ2) is 6.42. The molecule has 2 N–H and O–H groups in total. The van der Waals surface area contributed by atoms with Gasteiger partial charge in [-0.3, -0.25) is 9.00 Å². The molecule has 1 aromatic carbocycles. The number of anilines is 1. The predicted molar refractivity (Wildman–Crippen MR) is 76.8 cm³/mol. The van der Waals surface area contributed by atoms with Crippen molar-refractivity contribution in [1.29, 1.82) is 0 Å². The summed E-state index contributed by atoms with van der Waals surface area (Å²) in [5, 5.41) is 12.8. The van der Waals surface area contributed by atoms with Gasteiger partial charge < -0.3 is 5.32 Å². The maximum absolute atomic E-state index is 12.0. The molecule has 20 heavy (non-hydrogen) atoms. The smallest absolute Gasteiger partial charge is 0.237 e. The van der Waals surface area contributed by atoms with Crippen LogP contribution in [0.5, 0.6) is 0 Å². The summed E-state index contributed by atoms with van der Waals surface area (Å²) in [6.45, 7) is 3.96. The van der Waals surface area contributed by atoms with E-state index in [-0.39, 0.29) is 16.7 Å². The molecule has 0 saturated carbocycles. The highest BCUT2D eigenvalue weighted by Gasteiger charge is 2.14. The summed E-state index contributed by atoms with van der Waals surface area (Å²) in [5.74, 6) is -0.431. The van der Waals surface area contributed by atoms with E-state index >= 15 is 0 Å². The van der Waals surface area contributed by atoms with Crippen molar-refractivity contribution in [2.24, 2.45) is 0 Å². The van der Waals surface area contributed by atoms with Crippen LogP contribution in [0.25, 0.3) is 0 Å². The van der Waals surface area contributed by atoms with Gasteiger partial charge in [-0.15, -0.1) is 5.10 Å². The highest BCUT2D eigenvalue weighted by Crippen LogP contribution is 2.21. The average Bonchev–Trinajstić information content (AvgIpc) is 2.95. The Hall–Kier alpha value is -2.02. The molecule has 0 aliphatic rings. The maximum Gasteiger partial charge on any atom is 0.237 e. The van der Waals surface area contributed by atoms with Crippen molar-refractivity contribution in [3.8, 4) is 0 Å². The zero-order chi connectivity index (χ0) is 14.5. The van der Waals surface area contributed by atoms with Crippen molar-refractivity contribution < 1.29 is 9.00 Å². The first-order chi connectivity index (χ1) is 9.61. The van der Waals surface area contributed by atoms with Crippen molar-refractivity contribution in [3.05, 3.63) is 35.5 Å². The van der Waals surface area contributed by atoms with Gasteiger partial charge in [0.15, 0.2) is 5.03 Å². The summed E-state index contributed by atoms with van der Waals surface area (Å²) >= 11 is 0. The Bertz CT molecular complexity index is 625. The number of aromatic amines is 1. The fourth-order valence-electron chi connectivity index (χ4n) is 1.87. The molecule has 0 fully saturated rings. The van der Waals surface area contributed by atoms with E-state index in [1.165, 1.54) is 6.20 Å². The van der Waals surface area contributed by atoms with Gasteiger partial charge in [0.1, 0.15) is 5.75 Å². The highest BCUT2D eigenvalue weighted by molar-refractivity contribution is 7.85. The Morgan fingerprint density at radius 3 is 2.90 bits per heavy atom. The lowest BCUT2D eigenvalue weighted by Crippen LogP contribution is -2.21. The summed E-state index contributed by atoms with van der Waals surface area (Å²) in [7, 11) is -1.49. The number of aryl methyl sites for hydroxylation is 2. The Labute approximate surface area is 119 Å². The molecule has 0 aliphatic heterocycles. The van der Waals surface area contributed by atoms with Crippen LogP contribution in [0.2, 0.25) is 0 Å². The van der Waals surface area contributed by atoms with Gasteiger partial charge >= 0.3 is 0 Å². The van der Waals surface area contributed by atoms with Gasteiger partial charge in [0.25, 0.3) is 0 Å². The van der Waals surface area contributed by atoms with E-state index in [0.29, 0.717) is 0 Å². The molecule has 7 heteroatoms. The average molecular weight is 292 g/mol. The third-order valence-corrected chi connectivity index (χ3v) is 4.08. The number of para-hydroxylation sites is 1. The van der Waals surface area contributed by atoms with Gasteiger partial charge in [0.05, 0.1) is 17.0 Å². The number of hydrogen-bond acceptors (Lipinski definition) is 4. The van der Waals surface area contributed by atoms with Gasteiger partial charge in [-0.2, -0.15) is 10.3 Å². The number of aromatic nitrogens is 3. The van der Waals surface area contributed by atoms with E-state index < -0.39 is 10.8 Å². The third kappa shape index (κ3) is 3.30. The number of rotatable bonds is 5. The first kappa shape index (κ1) is 14.4. The predicted octanol–water partition coefficient (Wildman–Crippen LogP) is 1.42. The molecule has 106 valence electrons. The Balaban J connectivity index is 2.07. The van der Waals surface area contributed by atoms with Crippen molar-refractivity contribution in [2.75, 3.05) is 11.1 Å². The summed E-state index contributed by atoms with van der Waals surface area (Å²) in [6, 6.07) is 5.86. The molecule has 2 rings (SSSR count). The lowest BCUT2D eigenvalue weighted by atomic mass is 10.1. The van der Waals surface area contributed by atoms with E-state index in [2.05, 4.69) is 20.7 Å². The summed E-state index contributed by atoms with van der Waals surface area (Å²) < 4.78 is 11.9. The molecule has 0 saturated heterocycles. The maximum atomic E-state index is 12.0. The number of nitrogens with zero attached hydrogens (tertiary/aromatic N) is 2. The zero-order valence-electron chi connectivity index (χ0n) is 11.3. The Morgan fingerprint density at radius 1 is 1.45 bits per heavy atom. The quantitative estimate of drug-likeness (QED) is 0.872. The second-order valence-electron chi connectivity index (χ2n) is 4.31. The molecule has 0 spiro atoms. The van der Waals surface area contributed by atoms with Gasteiger partial charge in [-0.1, -0.05) is 25.1 Å². The molecule has 0 aliphatic carbocycles. The molecule has 0 bridgehead atoms. The minimum atomic E-state index is -1.49. The van der Waals surface area contributed by atoms with E-state index in [1.54, 1.807) is 0 Å². The minimum absolute atomic E-state index is 0.135. The molecule has 1 atom stereocenters. The van der Waals surface area contributed by atoms with E-state index in [4.69, 9.17) is 0 Å². The monoisotopic (exact) mass is 292 g/mol.